The van der Waals surface area contributed by atoms with E-state index < -0.39 is 5.91 Å². The normalized spacial score (nSPS) is 12.1. The Balaban J connectivity index is 0.00000280. The van der Waals surface area contributed by atoms with Crippen LogP contribution in [0.4, 0.5) is 0 Å². The van der Waals surface area contributed by atoms with Gasteiger partial charge >= 0.3 is 0 Å². The molecule has 0 spiro atoms. The number of hydrogen-bond acceptors (Lipinski definition) is 5. The van der Waals surface area contributed by atoms with Crippen molar-refractivity contribution in [3.63, 3.8) is 0 Å². The lowest BCUT2D eigenvalue weighted by molar-refractivity contribution is 0.0911. The molecule has 1 atom stereocenters. The van der Waals surface area contributed by atoms with Crippen LogP contribution in [-0.2, 0) is 0 Å². The Morgan fingerprint density at radius 3 is 2.50 bits per heavy atom. The molecule has 1 amide bonds. The van der Waals surface area contributed by atoms with Gasteiger partial charge in [-0.2, -0.15) is 0 Å². The molecule has 0 aliphatic heterocycles. The maximum atomic E-state index is 12.5. The number of amides is 1. The number of benzene rings is 1. The van der Waals surface area contributed by atoms with E-state index in [2.05, 4.69) is 5.32 Å². The van der Waals surface area contributed by atoms with Crippen LogP contribution in [0.2, 0.25) is 5.02 Å². The number of aryl methyl sites for hydroxylation is 2. The Morgan fingerprint density at radius 2 is 1.89 bits per heavy atom. The number of furan rings is 1. The lowest BCUT2D eigenvalue weighted by Crippen LogP contribution is -2.34. The molecule has 28 heavy (non-hydrogen) atoms. The first-order valence-electron chi connectivity index (χ1n) is 8.51. The highest BCUT2D eigenvalue weighted by molar-refractivity contribution is 6.32. The summed E-state index contributed by atoms with van der Waals surface area (Å²) >= 11 is 6.06. The van der Waals surface area contributed by atoms with Crippen LogP contribution in [0.25, 0.3) is 11.0 Å². The summed E-state index contributed by atoms with van der Waals surface area (Å²) in [5.41, 5.74) is 0.792. The van der Waals surface area contributed by atoms with Gasteiger partial charge in [-0.25, -0.2) is 0 Å². The van der Waals surface area contributed by atoms with Gasteiger partial charge in [0.25, 0.3) is 5.91 Å². The first-order valence-corrected chi connectivity index (χ1v) is 8.89. The molecular weight excluding hydrogens is 403 g/mol. The summed E-state index contributed by atoms with van der Waals surface area (Å²) in [7, 11) is 3.80. The van der Waals surface area contributed by atoms with Crippen molar-refractivity contribution >= 4 is 40.9 Å². The predicted octanol–water partition coefficient (Wildman–Crippen LogP) is 4.11. The molecule has 0 fully saturated rings. The van der Waals surface area contributed by atoms with Crippen molar-refractivity contribution in [3.05, 3.63) is 68.4 Å². The average molecular weight is 425 g/mol. The smallest absolute Gasteiger partial charge is 0.287 e. The second kappa shape index (κ2) is 8.82. The van der Waals surface area contributed by atoms with Gasteiger partial charge in [-0.1, -0.05) is 11.6 Å². The molecule has 150 valence electrons. The van der Waals surface area contributed by atoms with Crippen molar-refractivity contribution < 1.29 is 13.6 Å². The van der Waals surface area contributed by atoms with Crippen LogP contribution in [0.3, 0.4) is 0 Å². The zero-order valence-electron chi connectivity index (χ0n) is 16.0. The van der Waals surface area contributed by atoms with Gasteiger partial charge in [0.15, 0.2) is 11.2 Å². The van der Waals surface area contributed by atoms with Gasteiger partial charge in [0.05, 0.1) is 11.4 Å². The molecule has 1 unspecified atom stereocenters. The van der Waals surface area contributed by atoms with Gasteiger partial charge < -0.3 is 14.2 Å². The maximum absolute atomic E-state index is 12.5. The zero-order chi connectivity index (χ0) is 19.7. The Hall–Kier alpha value is -2.28. The van der Waals surface area contributed by atoms with Crippen molar-refractivity contribution in [1.29, 1.82) is 0 Å². The minimum absolute atomic E-state index is 0. The topological polar surface area (TPSA) is 75.7 Å². The average Bonchev–Trinajstić information content (AvgIpc) is 3.02. The minimum Gasteiger partial charge on any atom is -0.465 e. The monoisotopic (exact) mass is 424 g/mol. The Labute approximate surface area is 173 Å². The third kappa shape index (κ3) is 4.58. The van der Waals surface area contributed by atoms with Crippen molar-refractivity contribution in [2.75, 3.05) is 20.6 Å². The highest BCUT2D eigenvalue weighted by atomic mass is 35.5. The molecule has 3 aromatic rings. The van der Waals surface area contributed by atoms with E-state index in [0.29, 0.717) is 22.5 Å². The van der Waals surface area contributed by atoms with Crippen molar-refractivity contribution in [2.24, 2.45) is 0 Å². The van der Waals surface area contributed by atoms with Gasteiger partial charge in [0.1, 0.15) is 17.1 Å². The summed E-state index contributed by atoms with van der Waals surface area (Å²) in [5.74, 6) is 1.06. The molecule has 0 radical (unpaired) electrons. The van der Waals surface area contributed by atoms with Crippen LogP contribution in [0.5, 0.6) is 0 Å². The quantitative estimate of drug-likeness (QED) is 0.666. The fourth-order valence-electron chi connectivity index (χ4n) is 2.84. The van der Waals surface area contributed by atoms with Crippen molar-refractivity contribution in [2.45, 2.75) is 19.9 Å². The fourth-order valence-corrected chi connectivity index (χ4v) is 3.00. The van der Waals surface area contributed by atoms with Gasteiger partial charge in [0.2, 0.25) is 0 Å². The molecule has 0 saturated carbocycles. The van der Waals surface area contributed by atoms with Gasteiger partial charge in [0, 0.05) is 17.6 Å². The summed E-state index contributed by atoms with van der Waals surface area (Å²) in [4.78, 5) is 26.8. The minimum atomic E-state index is -0.461. The zero-order valence-corrected chi connectivity index (χ0v) is 17.6. The van der Waals surface area contributed by atoms with Crippen LogP contribution >= 0.6 is 24.0 Å². The fraction of sp³-hybridized carbons (Fsp3) is 0.300. The molecule has 8 heteroatoms. The van der Waals surface area contributed by atoms with E-state index in [1.165, 1.54) is 6.07 Å². The van der Waals surface area contributed by atoms with E-state index in [4.69, 9.17) is 20.4 Å². The summed E-state index contributed by atoms with van der Waals surface area (Å²) in [6.07, 6.45) is 0. The number of hydrogen-bond donors (Lipinski definition) is 1. The molecule has 6 nitrogen and oxygen atoms in total. The maximum Gasteiger partial charge on any atom is 0.287 e. The standard InChI is InChI=1S/C20H21ClN2O4.ClH/c1-11-7-18-13(8-14(11)21)16(24)9-19(27-18)20(25)22-10-15(23(3)4)17-6-5-12(2)26-17;/h5-9,15H,10H2,1-4H3,(H,22,25);1H. The van der Waals surface area contributed by atoms with Crippen molar-refractivity contribution in [1.82, 2.24) is 10.2 Å². The Morgan fingerprint density at radius 1 is 1.18 bits per heavy atom. The molecule has 0 saturated heterocycles. The van der Waals surface area contributed by atoms with E-state index in [1.807, 2.05) is 45.0 Å². The molecule has 0 aliphatic carbocycles. The number of halogens is 2. The number of carbonyl (C=O) groups excluding carboxylic acids is 1. The van der Waals surface area contributed by atoms with Crippen LogP contribution in [0, 0.1) is 13.8 Å². The number of nitrogens with one attached hydrogen (secondary N) is 1. The molecule has 0 aliphatic rings. The third-order valence-corrected chi connectivity index (χ3v) is 4.81. The highest BCUT2D eigenvalue weighted by Gasteiger charge is 2.20. The largest absolute Gasteiger partial charge is 0.465 e. The van der Waals surface area contributed by atoms with E-state index in [-0.39, 0.29) is 29.6 Å². The lowest BCUT2D eigenvalue weighted by Gasteiger charge is -2.22. The lowest BCUT2D eigenvalue weighted by atomic mass is 10.1. The Kier molecular flexibility index (Phi) is 6.93. The number of rotatable bonds is 5. The van der Waals surface area contributed by atoms with Crippen molar-refractivity contribution in [3.8, 4) is 0 Å². The van der Waals surface area contributed by atoms with E-state index in [1.54, 1.807) is 12.1 Å². The first-order chi connectivity index (χ1) is 12.8. The number of carbonyl (C=O) groups is 1. The van der Waals surface area contributed by atoms with Crippen LogP contribution in [-0.4, -0.2) is 31.4 Å². The summed E-state index contributed by atoms with van der Waals surface area (Å²) in [5, 5.41) is 3.63. The number of fused-ring (bicyclic) bond motifs is 1. The van der Waals surface area contributed by atoms with Gasteiger partial charge in [-0.15, -0.1) is 12.4 Å². The van der Waals surface area contributed by atoms with E-state index in [0.717, 1.165) is 17.1 Å². The molecule has 3 rings (SSSR count). The van der Waals surface area contributed by atoms with E-state index >= 15 is 0 Å². The molecule has 1 N–H and O–H groups in total. The third-order valence-electron chi connectivity index (χ3n) is 4.40. The second-order valence-corrected chi connectivity index (χ2v) is 7.12. The first kappa shape index (κ1) is 22.0. The van der Waals surface area contributed by atoms with Gasteiger partial charge in [-0.3, -0.25) is 14.5 Å². The Bertz CT molecular complexity index is 1060. The summed E-state index contributed by atoms with van der Waals surface area (Å²) < 4.78 is 11.3. The molecular formula is C20H22Cl2N2O4. The molecule has 1 aromatic carbocycles. The summed E-state index contributed by atoms with van der Waals surface area (Å²) in [6.45, 7) is 3.98. The number of likely N-dealkylation sites (N-methyl/N-ethyl adjacent to an activating group) is 1. The van der Waals surface area contributed by atoms with Crippen LogP contribution in [0.1, 0.15) is 33.7 Å². The van der Waals surface area contributed by atoms with Crippen LogP contribution in [0.15, 0.2) is 44.0 Å². The number of nitrogens with zero attached hydrogens (tertiary/aromatic N) is 1. The SMILES string of the molecule is Cc1ccc(C(CNC(=O)c2cc(=O)c3cc(Cl)c(C)cc3o2)N(C)C)o1.Cl. The molecule has 0 bridgehead atoms. The molecule has 2 aromatic heterocycles. The molecule has 2 heterocycles. The van der Waals surface area contributed by atoms with Gasteiger partial charge in [-0.05, 0) is 57.8 Å². The summed E-state index contributed by atoms with van der Waals surface area (Å²) in [6, 6.07) is 8.02. The van der Waals surface area contributed by atoms with E-state index in [9.17, 15) is 9.59 Å². The van der Waals surface area contributed by atoms with Crippen LogP contribution < -0.4 is 10.7 Å². The predicted molar refractivity (Wildman–Crippen MR) is 112 cm³/mol. The highest BCUT2D eigenvalue weighted by Crippen LogP contribution is 2.23. The second-order valence-electron chi connectivity index (χ2n) is 6.71.